The highest BCUT2D eigenvalue weighted by Crippen LogP contribution is 2.26. The second kappa shape index (κ2) is 5.40. The number of hydrogen-bond acceptors (Lipinski definition) is 5. The molecule has 0 aliphatic rings. The van der Waals surface area contributed by atoms with Crippen LogP contribution in [0.15, 0.2) is 24.5 Å². The van der Waals surface area contributed by atoms with Crippen molar-refractivity contribution >= 4 is 22.4 Å². The van der Waals surface area contributed by atoms with E-state index in [1.165, 1.54) is 18.5 Å². The molecule has 0 saturated carbocycles. The van der Waals surface area contributed by atoms with Crippen molar-refractivity contribution in [3.8, 4) is 0 Å². The molecular weight excluding hydrogens is 256 g/mol. The first-order valence-electron chi connectivity index (χ1n) is 6.56. The van der Waals surface area contributed by atoms with E-state index in [0.29, 0.717) is 16.7 Å². The van der Waals surface area contributed by atoms with E-state index >= 15 is 0 Å². The summed E-state index contributed by atoms with van der Waals surface area (Å²) in [6.45, 7) is 7.20. The van der Waals surface area contributed by atoms with Crippen molar-refractivity contribution in [3.63, 3.8) is 0 Å². The molecule has 0 aliphatic carbocycles. The van der Waals surface area contributed by atoms with Gasteiger partial charge in [0.2, 0.25) is 0 Å². The average Bonchev–Trinajstić information content (AvgIpc) is 2.44. The van der Waals surface area contributed by atoms with Crippen molar-refractivity contribution < 1.29 is 4.92 Å². The molecule has 0 amide bonds. The Hall–Kier alpha value is -2.24. The molecule has 2 rings (SSSR count). The number of fused-ring (bicyclic) bond motifs is 1. The number of benzene rings is 1. The Labute approximate surface area is 117 Å². The molecule has 0 spiro atoms. The predicted molar refractivity (Wildman–Crippen MR) is 78.8 cm³/mol. The first-order valence-corrected chi connectivity index (χ1v) is 6.56. The number of nitrogens with one attached hydrogen (secondary N) is 1. The van der Waals surface area contributed by atoms with Gasteiger partial charge in [0.1, 0.15) is 12.1 Å². The number of anilines is 1. The second-order valence-corrected chi connectivity index (χ2v) is 5.55. The SMILES string of the molecule is CCC(C)(C)CNc1ncnc2ccc([N+](=O)[O-])cc12. The number of hydrogen-bond donors (Lipinski definition) is 1. The molecular formula is C14H18N4O2. The Bertz CT molecular complexity index is 640. The zero-order valence-corrected chi connectivity index (χ0v) is 11.9. The van der Waals surface area contributed by atoms with Crippen LogP contribution in [0.3, 0.4) is 0 Å². The molecule has 0 atom stereocenters. The topological polar surface area (TPSA) is 81.0 Å². The van der Waals surface area contributed by atoms with E-state index in [1.54, 1.807) is 6.07 Å². The highest BCUT2D eigenvalue weighted by Gasteiger charge is 2.16. The molecule has 1 N–H and O–H groups in total. The van der Waals surface area contributed by atoms with Crippen molar-refractivity contribution in [2.75, 3.05) is 11.9 Å². The van der Waals surface area contributed by atoms with E-state index in [1.807, 2.05) is 0 Å². The van der Waals surface area contributed by atoms with E-state index in [0.717, 1.165) is 13.0 Å². The number of nitrogens with zero attached hydrogens (tertiary/aromatic N) is 3. The molecule has 6 nitrogen and oxygen atoms in total. The Morgan fingerprint density at radius 2 is 2.10 bits per heavy atom. The molecule has 1 heterocycles. The van der Waals surface area contributed by atoms with Crippen LogP contribution in [0.1, 0.15) is 27.2 Å². The van der Waals surface area contributed by atoms with Gasteiger partial charge in [-0.3, -0.25) is 10.1 Å². The van der Waals surface area contributed by atoms with Crippen LogP contribution in [0.25, 0.3) is 10.9 Å². The van der Waals surface area contributed by atoms with Crippen LogP contribution in [0.4, 0.5) is 11.5 Å². The number of nitro groups is 1. The third kappa shape index (κ3) is 3.01. The molecule has 0 bridgehead atoms. The fraction of sp³-hybridized carbons (Fsp3) is 0.429. The third-order valence-electron chi connectivity index (χ3n) is 3.52. The summed E-state index contributed by atoms with van der Waals surface area (Å²) in [5, 5.41) is 14.8. The highest BCUT2D eigenvalue weighted by molar-refractivity contribution is 5.90. The maximum atomic E-state index is 10.9. The molecule has 0 fully saturated rings. The lowest BCUT2D eigenvalue weighted by Crippen LogP contribution is -2.22. The van der Waals surface area contributed by atoms with Gasteiger partial charge in [0.25, 0.3) is 5.69 Å². The summed E-state index contributed by atoms with van der Waals surface area (Å²) < 4.78 is 0. The third-order valence-corrected chi connectivity index (χ3v) is 3.52. The smallest absolute Gasteiger partial charge is 0.270 e. The van der Waals surface area contributed by atoms with Crippen LogP contribution in [0.5, 0.6) is 0 Å². The summed E-state index contributed by atoms with van der Waals surface area (Å²) in [6, 6.07) is 4.61. The lowest BCUT2D eigenvalue weighted by atomic mass is 9.90. The standard InChI is InChI=1S/C14H18N4O2/c1-4-14(2,3)8-15-13-11-7-10(18(19)20)5-6-12(11)16-9-17-13/h5-7,9H,4,8H2,1-3H3,(H,15,16,17). The second-order valence-electron chi connectivity index (χ2n) is 5.55. The summed E-state index contributed by atoms with van der Waals surface area (Å²) in [5.74, 6) is 0.639. The Kier molecular flexibility index (Phi) is 3.83. The quantitative estimate of drug-likeness (QED) is 0.667. The van der Waals surface area contributed by atoms with Crippen LogP contribution in [0, 0.1) is 15.5 Å². The molecule has 20 heavy (non-hydrogen) atoms. The fourth-order valence-electron chi connectivity index (χ4n) is 1.75. The fourth-order valence-corrected chi connectivity index (χ4v) is 1.75. The Morgan fingerprint density at radius 3 is 2.75 bits per heavy atom. The number of non-ortho nitro benzene ring substituents is 1. The maximum Gasteiger partial charge on any atom is 0.270 e. The predicted octanol–water partition coefficient (Wildman–Crippen LogP) is 3.39. The van der Waals surface area contributed by atoms with Crippen LogP contribution in [-0.4, -0.2) is 21.4 Å². The van der Waals surface area contributed by atoms with Gasteiger partial charge >= 0.3 is 0 Å². The van der Waals surface area contributed by atoms with Crippen molar-refractivity contribution in [1.82, 2.24) is 9.97 Å². The molecule has 0 saturated heterocycles. The largest absolute Gasteiger partial charge is 0.369 e. The molecule has 0 unspecified atom stereocenters. The van der Waals surface area contributed by atoms with Gasteiger partial charge in [0, 0.05) is 24.1 Å². The van der Waals surface area contributed by atoms with Gasteiger partial charge in [-0.15, -0.1) is 0 Å². The van der Waals surface area contributed by atoms with Crippen LogP contribution >= 0.6 is 0 Å². The van der Waals surface area contributed by atoms with Gasteiger partial charge < -0.3 is 5.32 Å². The van der Waals surface area contributed by atoms with E-state index in [9.17, 15) is 10.1 Å². The molecule has 106 valence electrons. The van der Waals surface area contributed by atoms with Gasteiger partial charge in [-0.05, 0) is 17.9 Å². The average molecular weight is 274 g/mol. The van der Waals surface area contributed by atoms with E-state index in [2.05, 4.69) is 36.1 Å². The van der Waals surface area contributed by atoms with Crippen molar-refractivity contribution in [3.05, 3.63) is 34.6 Å². The lowest BCUT2D eigenvalue weighted by molar-refractivity contribution is -0.384. The van der Waals surface area contributed by atoms with Gasteiger partial charge in [-0.2, -0.15) is 0 Å². The Balaban J connectivity index is 2.37. The van der Waals surface area contributed by atoms with Gasteiger partial charge in [-0.25, -0.2) is 9.97 Å². The minimum atomic E-state index is -0.411. The number of aromatic nitrogens is 2. The summed E-state index contributed by atoms with van der Waals surface area (Å²) >= 11 is 0. The van der Waals surface area contributed by atoms with Gasteiger partial charge in [0.05, 0.1) is 10.4 Å². The zero-order chi connectivity index (χ0) is 14.8. The van der Waals surface area contributed by atoms with Crippen LogP contribution < -0.4 is 5.32 Å². The van der Waals surface area contributed by atoms with Crippen LogP contribution in [0.2, 0.25) is 0 Å². The molecule has 6 heteroatoms. The Morgan fingerprint density at radius 1 is 1.35 bits per heavy atom. The molecule has 0 aliphatic heterocycles. The molecule has 1 aromatic heterocycles. The van der Waals surface area contributed by atoms with Crippen molar-refractivity contribution in [2.45, 2.75) is 27.2 Å². The summed E-state index contributed by atoms with van der Waals surface area (Å²) in [6.07, 6.45) is 2.50. The van der Waals surface area contributed by atoms with Crippen molar-refractivity contribution in [1.29, 1.82) is 0 Å². The van der Waals surface area contributed by atoms with Crippen molar-refractivity contribution in [2.24, 2.45) is 5.41 Å². The maximum absolute atomic E-state index is 10.9. The first-order chi connectivity index (χ1) is 9.43. The van der Waals surface area contributed by atoms with E-state index in [-0.39, 0.29) is 11.1 Å². The monoisotopic (exact) mass is 274 g/mol. The van der Waals surface area contributed by atoms with E-state index < -0.39 is 4.92 Å². The summed E-state index contributed by atoms with van der Waals surface area (Å²) in [7, 11) is 0. The van der Waals surface area contributed by atoms with Gasteiger partial charge in [0.15, 0.2) is 0 Å². The zero-order valence-electron chi connectivity index (χ0n) is 11.9. The van der Waals surface area contributed by atoms with Crippen LogP contribution in [-0.2, 0) is 0 Å². The molecule has 1 aromatic carbocycles. The highest BCUT2D eigenvalue weighted by atomic mass is 16.6. The molecule has 0 radical (unpaired) electrons. The summed E-state index contributed by atoms with van der Waals surface area (Å²) in [5.41, 5.74) is 0.880. The van der Waals surface area contributed by atoms with Gasteiger partial charge in [-0.1, -0.05) is 20.8 Å². The first kappa shape index (κ1) is 14.2. The minimum Gasteiger partial charge on any atom is -0.369 e. The molecule has 2 aromatic rings. The lowest BCUT2D eigenvalue weighted by Gasteiger charge is -2.23. The number of rotatable bonds is 5. The normalized spacial score (nSPS) is 11.6. The number of nitro benzene ring substituents is 1. The van der Waals surface area contributed by atoms with E-state index in [4.69, 9.17) is 0 Å². The minimum absolute atomic E-state index is 0.0464. The summed E-state index contributed by atoms with van der Waals surface area (Å²) in [4.78, 5) is 18.8.